The Morgan fingerprint density at radius 2 is 1.76 bits per heavy atom. The number of fused-ring (bicyclic) bond motifs is 1. The van der Waals surface area contributed by atoms with Crippen LogP contribution in [0.2, 0.25) is 5.02 Å². The van der Waals surface area contributed by atoms with Gasteiger partial charge in [0.1, 0.15) is 18.2 Å². The first-order chi connectivity index (χ1) is 21.5. The van der Waals surface area contributed by atoms with E-state index in [0.717, 1.165) is 11.1 Å². The van der Waals surface area contributed by atoms with E-state index in [4.69, 9.17) is 23.0 Å². The summed E-state index contributed by atoms with van der Waals surface area (Å²) in [6, 6.07) is 8.59. The highest BCUT2D eigenvalue weighted by atomic mass is 35.5. The van der Waals surface area contributed by atoms with Crippen molar-refractivity contribution in [1.82, 2.24) is 29.4 Å². The molecule has 1 saturated heterocycles. The molecule has 0 unspecified atom stereocenters. The lowest BCUT2D eigenvalue weighted by Crippen LogP contribution is -2.59. The Hall–Kier alpha value is -4.81. The molecule has 1 aliphatic heterocycles. The van der Waals surface area contributed by atoms with E-state index < -0.39 is 11.7 Å². The molecule has 10 heteroatoms. The average molecular weight is 622 g/mol. The molecule has 230 valence electrons. The number of terminal acetylenes is 1. The molecule has 1 aliphatic rings. The second-order valence-corrected chi connectivity index (χ2v) is 12.1. The van der Waals surface area contributed by atoms with Crippen molar-refractivity contribution in [3.05, 3.63) is 88.4 Å². The van der Waals surface area contributed by atoms with Gasteiger partial charge in [-0.1, -0.05) is 88.7 Å². The monoisotopic (exact) mass is 621 g/mol. The van der Waals surface area contributed by atoms with E-state index in [1.54, 1.807) is 17.0 Å². The molecule has 0 N–H and O–H groups in total. The van der Waals surface area contributed by atoms with Crippen LogP contribution in [0.3, 0.4) is 0 Å². The summed E-state index contributed by atoms with van der Waals surface area (Å²) in [4.78, 5) is 49.5. The Kier molecular flexibility index (Phi) is 8.89. The minimum Gasteiger partial charge on any atom is -0.336 e. The summed E-state index contributed by atoms with van der Waals surface area (Å²) < 4.78 is 1.51. The maximum Gasteiger partial charge on any atom is 0.355 e. The van der Waals surface area contributed by atoms with E-state index >= 15 is 0 Å². The van der Waals surface area contributed by atoms with Gasteiger partial charge in [-0.25, -0.2) is 24.3 Å². The molecule has 45 heavy (non-hydrogen) atoms. The molecule has 0 radical (unpaired) electrons. The summed E-state index contributed by atoms with van der Waals surface area (Å²) in [6.07, 6.45) is 10.6. The Bertz CT molecular complexity index is 1900. The number of amides is 1. The van der Waals surface area contributed by atoms with Gasteiger partial charge in [-0.2, -0.15) is 4.98 Å². The molecule has 4 heterocycles. The quantitative estimate of drug-likeness (QED) is 0.184. The lowest BCUT2D eigenvalue weighted by atomic mass is 10.0. The second kappa shape index (κ2) is 12.7. The van der Waals surface area contributed by atoms with Crippen molar-refractivity contribution in [3.63, 3.8) is 0 Å². The van der Waals surface area contributed by atoms with E-state index in [-0.39, 0.29) is 30.3 Å². The second-order valence-electron chi connectivity index (χ2n) is 11.7. The van der Waals surface area contributed by atoms with Gasteiger partial charge in [-0.3, -0.25) is 4.79 Å². The van der Waals surface area contributed by atoms with Gasteiger partial charge in [0.25, 0.3) is 0 Å². The lowest BCUT2D eigenvalue weighted by molar-refractivity contribution is -0.127. The van der Waals surface area contributed by atoms with Crippen molar-refractivity contribution >= 4 is 40.4 Å². The van der Waals surface area contributed by atoms with Crippen LogP contribution in [0.1, 0.15) is 63.4 Å². The number of carbonyl (C=O) groups is 1. The third kappa shape index (κ3) is 5.62. The SMILES string of the molecule is C#C[C@H]1CN(C(=O)C=C)C[C@H](C)N1c1nc(=O)n(-c2c(C(C)C)ncnc2C(C)C)c2nc(-c3ccccc3C=C)c(Cl)cc12. The van der Waals surface area contributed by atoms with E-state index in [0.29, 0.717) is 51.2 Å². The highest BCUT2D eigenvalue weighted by Gasteiger charge is 2.36. The maximum atomic E-state index is 14.4. The minimum absolute atomic E-state index is 0.0308. The molecule has 4 aromatic rings. The standard InChI is InChI=1S/C35H36ClN7O2/c1-9-23-14-12-13-15-25(23)31-27(36)16-26-33(39-31)43(32-29(20(4)5)37-19-38-30(32)21(6)7)35(45)40-34(26)42-22(8)17-41(28(44)11-3)18-24(42)10-2/h2,9,11-16,19-22,24H,1,3,17-18H2,4-8H3/t22-,24-/m0/s1. The number of nitrogens with zero attached hydrogens (tertiary/aromatic N) is 7. The Balaban J connectivity index is 1.90. The van der Waals surface area contributed by atoms with Gasteiger partial charge in [0.15, 0.2) is 5.65 Å². The predicted molar refractivity (Wildman–Crippen MR) is 181 cm³/mol. The van der Waals surface area contributed by atoms with Crippen molar-refractivity contribution in [3.8, 4) is 29.3 Å². The number of rotatable bonds is 7. The minimum atomic E-state index is -0.568. The molecule has 3 aromatic heterocycles. The molecule has 9 nitrogen and oxygen atoms in total. The maximum absolute atomic E-state index is 14.4. The predicted octanol–water partition coefficient (Wildman–Crippen LogP) is 6.01. The molecule has 0 spiro atoms. The molecule has 1 amide bonds. The topological polar surface area (TPSA) is 97.1 Å². The largest absolute Gasteiger partial charge is 0.355 e. The van der Waals surface area contributed by atoms with Crippen LogP contribution in [0.25, 0.3) is 34.1 Å². The first-order valence-electron chi connectivity index (χ1n) is 14.9. The van der Waals surface area contributed by atoms with E-state index in [9.17, 15) is 9.59 Å². The number of hydrogen-bond acceptors (Lipinski definition) is 7. The van der Waals surface area contributed by atoms with Crippen LogP contribution in [0.4, 0.5) is 5.82 Å². The van der Waals surface area contributed by atoms with Crippen LogP contribution in [-0.4, -0.2) is 60.5 Å². The molecule has 5 rings (SSSR count). The van der Waals surface area contributed by atoms with E-state index in [1.165, 1.54) is 17.0 Å². The molecule has 0 aliphatic carbocycles. The van der Waals surface area contributed by atoms with Crippen LogP contribution >= 0.6 is 11.6 Å². The van der Waals surface area contributed by atoms with Crippen LogP contribution in [0.15, 0.2) is 60.7 Å². The van der Waals surface area contributed by atoms with Gasteiger partial charge in [-0.15, -0.1) is 6.42 Å². The Labute approximate surface area is 268 Å². The summed E-state index contributed by atoms with van der Waals surface area (Å²) in [6.45, 7) is 18.2. The smallest absolute Gasteiger partial charge is 0.336 e. The summed E-state index contributed by atoms with van der Waals surface area (Å²) in [7, 11) is 0. The number of aromatic nitrogens is 5. The summed E-state index contributed by atoms with van der Waals surface area (Å²) in [5.41, 5.74) is 3.83. The molecule has 0 saturated carbocycles. The van der Waals surface area contributed by atoms with Crippen molar-refractivity contribution in [2.75, 3.05) is 18.0 Å². The van der Waals surface area contributed by atoms with Crippen LogP contribution in [0, 0.1) is 12.3 Å². The van der Waals surface area contributed by atoms with E-state index in [2.05, 4.69) is 34.0 Å². The van der Waals surface area contributed by atoms with E-state index in [1.807, 2.05) is 63.8 Å². The van der Waals surface area contributed by atoms with Gasteiger partial charge in [0.05, 0.1) is 39.7 Å². The molecule has 1 aromatic carbocycles. The number of piperazine rings is 1. The van der Waals surface area contributed by atoms with Crippen molar-refractivity contribution in [1.29, 1.82) is 0 Å². The number of hydrogen-bond donors (Lipinski definition) is 0. The van der Waals surface area contributed by atoms with Crippen molar-refractivity contribution < 1.29 is 4.79 Å². The van der Waals surface area contributed by atoms with Gasteiger partial charge >= 0.3 is 5.69 Å². The van der Waals surface area contributed by atoms with Gasteiger partial charge in [0, 0.05) is 18.2 Å². The van der Waals surface area contributed by atoms with Crippen LogP contribution < -0.4 is 10.6 Å². The molecule has 2 atom stereocenters. The van der Waals surface area contributed by atoms with Crippen LogP contribution in [-0.2, 0) is 4.79 Å². The van der Waals surface area contributed by atoms with Crippen LogP contribution in [0.5, 0.6) is 0 Å². The molecular weight excluding hydrogens is 586 g/mol. The molecule has 0 bridgehead atoms. The Morgan fingerprint density at radius 3 is 2.36 bits per heavy atom. The van der Waals surface area contributed by atoms with Gasteiger partial charge in [0.2, 0.25) is 5.91 Å². The number of anilines is 1. The molecular formula is C35H36ClN7O2. The normalized spacial score (nSPS) is 16.7. The number of pyridine rings is 1. The lowest BCUT2D eigenvalue weighted by Gasteiger charge is -2.44. The fraction of sp³-hybridized carbons (Fsp3) is 0.314. The fourth-order valence-electron chi connectivity index (χ4n) is 5.95. The van der Waals surface area contributed by atoms with Crippen molar-refractivity contribution in [2.45, 2.75) is 58.5 Å². The zero-order valence-electron chi connectivity index (χ0n) is 26.2. The number of halogens is 1. The third-order valence-electron chi connectivity index (χ3n) is 8.05. The summed E-state index contributed by atoms with van der Waals surface area (Å²) in [5, 5.41) is 0.899. The number of benzene rings is 1. The summed E-state index contributed by atoms with van der Waals surface area (Å²) in [5.74, 6) is 2.88. The molecule has 1 fully saturated rings. The average Bonchev–Trinajstić information content (AvgIpc) is 3.03. The first kappa shape index (κ1) is 31.6. The van der Waals surface area contributed by atoms with Gasteiger partial charge < -0.3 is 9.80 Å². The third-order valence-corrected chi connectivity index (χ3v) is 8.33. The number of carbonyl (C=O) groups excluding carboxylic acids is 1. The Morgan fingerprint density at radius 1 is 1.09 bits per heavy atom. The summed E-state index contributed by atoms with van der Waals surface area (Å²) >= 11 is 7.01. The zero-order valence-corrected chi connectivity index (χ0v) is 26.9. The first-order valence-corrected chi connectivity index (χ1v) is 15.3. The fourth-order valence-corrected chi connectivity index (χ4v) is 6.20. The highest BCUT2D eigenvalue weighted by Crippen LogP contribution is 2.38. The van der Waals surface area contributed by atoms with Crippen molar-refractivity contribution in [2.24, 2.45) is 0 Å². The van der Waals surface area contributed by atoms with Gasteiger partial charge in [-0.05, 0) is 36.5 Å². The zero-order chi connectivity index (χ0) is 32.6. The highest BCUT2D eigenvalue weighted by molar-refractivity contribution is 6.34.